The molecular weight excluding hydrogens is 196 g/mol. The molecular formula is C15H24O. The van der Waals surface area contributed by atoms with E-state index in [2.05, 4.69) is 33.8 Å². The lowest BCUT2D eigenvalue weighted by molar-refractivity contribution is 0.0842. The molecule has 90 valence electrons. The maximum atomic E-state index is 10.6. The second kappa shape index (κ2) is 2.75. The summed E-state index contributed by atoms with van der Waals surface area (Å²) < 4.78 is 0. The predicted molar refractivity (Wildman–Crippen MR) is 66.0 cm³/mol. The molecule has 0 amide bonds. The van der Waals surface area contributed by atoms with Crippen LogP contribution < -0.4 is 0 Å². The minimum atomic E-state index is -0.266. The summed E-state index contributed by atoms with van der Waals surface area (Å²) in [4.78, 5) is 0. The molecule has 0 aromatic rings. The van der Waals surface area contributed by atoms with Crippen LogP contribution in [0.3, 0.4) is 0 Å². The first-order valence-corrected chi connectivity index (χ1v) is 6.72. The van der Waals surface area contributed by atoms with Gasteiger partial charge in [-0.2, -0.15) is 0 Å². The van der Waals surface area contributed by atoms with E-state index >= 15 is 0 Å². The summed E-state index contributed by atoms with van der Waals surface area (Å²) in [6.45, 7) is 9.12. The van der Waals surface area contributed by atoms with E-state index in [0.29, 0.717) is 11.3 Å². The first kappa shape index (κ1) is 10.8. The SMILES string of the molecule is CC(C)=CCCC1(C)C2CC3C(O)(C2)C31C. The minimum absolute atomic E-state index is 0.250. The zero-order valence-electron chi connectivity index (χ0n) is 11.0. The van der Waals surface area contributed by atoms with E-state index in [9.17, 15) is 5.11 Å². The van der Waals surface area contributed by atoms with Gasteiger partial charge in [0.2, 0.25) is 0 Å². The molecule has 4 aliphatic rings. The van der Waals surface area contributed by atoms with Gasteiger partial charge in [-0.25, -0.2) is 0 Å². The molecule has 0 aliphatic heterocycles. The summed E-state index contributed by atoms with van der Waals surface area (Å²) in [6, 6.07) is 0. The van der Waals surface area contributed by atoms with Gasteiger partial charge in [0.1, 0.15) is 0 Å². The molecule has 0 spiro atoms. The highest BCUT2D eigenvalue weighted by Gasteiger charge is 2.89. The first-order chi connectivity index (χ1) is 7.36. The van der Waals surface area contributed by atoms with E-state index in [1.807, 2.05) is 0 Å². The highest BCUT2D eigenvalue weighted by molar-refractivity contribution is 5.38. The molecule has 0 saturated heterocycles. The van der Waals surface area contributed by atoms with Crippen molar-refractivity contribution < 1.29 is 5.11 Å². The van der Waals surface area contributed by atoms with E-state index in [1.54, 1.807) is 0 Å². The molecule has 1 heteroatoms. The van der Waals surface area contributed by atoms with E-state index < -0.39 is 0 Å². The molecule has 16 heavy (non-hydrogen) atoms. The van der Waals surface area contributed by atoms with Crippen LogP contribution in [0, 0.1) is 22.7 Å². The largest absolute Gasteiger partial charge is 0.389 e. The standard InChI is InChI=1S/C15H24O/c1-10(2)6-5-7-13(3)11-8-12-14(13,4)15(12,16)9-11/h6,11-12,16H,5,7-9H2,1-4H3. The lowest BCUT2D eigenvalue weighted by Gasteiger charge is -2.33. The molecule has 5 atom stereocenters. The average molecular weight is 220 g/mol. The Labute approximate surface area is 98.9 Å². The first-order valence-electron chi connectivity index (χ1n) is 6.72. The molecule has 0 heterocycles. The fourth-order valence-corrected chi connectivity index (χ4v) is 5.23. The van der Waals surface area contributed by atoms with Crippen LogP contribution in [0.1, 0.15) is 53.4 Å². The molecule has 5 unspecified atom stereocenters. The number of hydrogen-bond donors (Lipinski definition) is 1. The van der Waals surface area contributed by atoms with E-state index in [1.165, 1.54) is 24.8 Å². The second-order valence-electron chi connectivity index (χ2n) is 7.05. The Bertz CT molecular complexity index is 368. The van der Waals surface area contributed by atoms with Gasteiger partial charge in [0.05, 0.1) is 5.60 Å². The van der Waals surface area contributed by atoms with Gasteiger partial charge in [-0.05, 0) is 56.8 Å². The molecule has 0 aromatic carbocycles. The van der Waals surface area contributed by atoms with Crippen molar-refractivity contribution in [2.45, 2.75) is 59.0 Å². The number of allylic oxidation sites excluding steroid dienone is 2. The van der Waals surface area contributed by atoms with Gasteiger partial charge in [-0.15, -0.1) is 0 Å². The Balaban J connectivity index is 1.79. The lowest BCUT2D eigenvalue weighted by Crippen LogP contribution is -2.28. The Morgan fingerprint density at radius 3 is 2.44 bits per heavy atom. The van der Waals surface area contributed by atoms with Crippen LogP contribution in [-0.2, 0) is 0 Å². The summed E-state index contributed by atoms with van der Waals surface area (Å²) in [5.41, 5.74) is 1.81. The molecule has 4 fully saturated rings. The molecule has 1 nitrogen and oxygen atoms in total. The Morgan fingerprint density at radius 2 is 2.06 bits per heavy atom. The number of aliphatic hydroxyl groups is 1. The van der Waals surface area contributed by atoms with Crippen molar-refractivity contribution in [1.29, 1.82) is 0 Å². The van der Waals surface area contributed by atoms with Crippen molar-refractivity contribution in [3.8, 4) is 0 Å². The van der Waals surface area contributed by atoms with Crippen molar-refractivity contribution in [2.24, 2.45) is 22.7 Å². The van der Waals surface area contributed by atoms with Crippen LogP contribution in [0.15, 0.2) is 11.6 Å². The average Bonchev–Trinajstić information content (AvgIpc) is 2.52. The van der Waals surface area contributed by atoms with Gasteiger partial charge >= 0.3 is 0 Å². The Kier molecular flexibility index (Phi) is 1.86. The summed E-state index contributed by atoms with van der Waals surface area (Å²) in [5.74, 6) is 1.42. The van der Waals surface area contributed by atoms with E-state index in [-0.39, 0.29) is 11.0 Å². The van der Waals surface area contributed by atoms with Crippen LogP contribution in [0.5, 0.6) is 0 Å². The second-order valence-corrected chi connectivity index (χ2v) is 7.05. The molecule has 4 rings (SSSR count). The van der Waals surface area contributed by atoms with Crippen molar-refractivity contribution in [3.05, 3.63) is 11.6 Å². The molecule has 4 bridgehead atoms. The van der Waals surface area contributed by atoms with Crippen LogP contribution in [0.2, 0.25) is 0 Å². The smallest absolute Gasteiger partial charge is 0.0747 e. The zero-order chi connectivity index (χ0) is 11.8. The summed E-state index contributed by atoms with van der Waals surface area (Å²) >= 11 is 0. The maximum absolute atomic E-state index is 10.6. The topological polar surface area (TPSA) is 20.2 Å². The third-order valence-electron chi connectivity index (χ3n) is 6.47. The van der Waals surface area contributed by atoms with Gasteiger partial charge in [0.25, 0.3) is 0 Å². The summed E-state index contributed by atoms with van der Waals surface area (Å²) in [7, 11) is 0. The molecule has 4 aliphatic carbocycles. The van der Waals surface area contributed by atoms with E-state index in [0.717, 1.165) is 12.3 Å². The van der Waals surface area contributed by atoms with Crippen molar-refractivity contribution in [1.82, 2.24) is 0 Å². The van der Waals surface area contributed by atoms with Gasteiger partial charge < -0.3 is 5.11 Å². The van der Waals surface area contributed by atoms with Gasteiger partial charge in [0.15, 0.2) is 0 Å². The van der Waals surface area contributed by atoms with Crippen LogP contribution in [0.4, 0.5) is 0 Å². The van der Waals surface area contributed by atoms with Gasteiger partial charge in [-0.1, -0.05) is 25.5 Å². The van der Waals surface area contributed by atoms with Crippen LogP contribution >= 0.6 is 0 Å². The Hall–Kier alpha value is -0.300. The minimum Gasteiger partial charge on any atom is -0.389 e. The van der Waals surface area contributed by atoms with Crippen LogP contribution in [-0.4, -0.2) is 10.7 Å². The van der Waals surface area contributed by atoms with Crippen molar-refractivity contribution in [2.75, 3.05) is 0 Å². The number of hydrogen-bond acceptors (Lipinski definition) is 1. The highest BCUT2D eigenvalue weighted by atomic mass is 16.3. The lowest BCUT2D eigenvalue weighted by atomic mass is 9.71. The summed E-state index contributed by atoms with van der Waals surface area (Å²) in [6.07, 6.45) is 7.18. The fourth-order valence-electron chi connectivity index (χ4n) is 5.23. The third-order valence-corrected chi connectivity index (χ3v) is 6.47. The summed E-state index contributed by atoms with van der Waals surface area (Å²) in [5, 5.41) is 10.6. The van der Waals surface area contributed by atoms with Crippen LogP contribution in [0.25, 0.3) is 0 Å². The van der Waals surface area contributed by atoms with Gasteiger partial charge in [0, 0.05) is 5.41 Å². The van der Waals surface area contributed by atoms with Gasteiger partial charge in [-0.3, -0.25) is 0 Å². The molecule has 4 saturated carbocycles. The molecule has 0 aromatic heterocycles. The van der Waals surface area contributed by atoms with E-state index in [4.69, 9.17) is 0 Å². The Morgan fingerprint density at radius 1 is 1.38 bits per heavy atom. The molecule has 0 radical (unpaired) electrons. The number of rotatable bonds is 3. The quantitative estimate of drug-likeness (QED) is 0.721. The maximum Gasteiger partial charge on any atom is 0.0747 e. The van der Waals surface area contributed by atoms with Crippen molar-refractivity contribution >= 4 is 0 Å². The third kappa shape index (κ3) is 0.895. The predicted octanol–water partition coefficient (Wildman–Crippen LogP) is 3.53. The fraction of sp³-hybridized carbons (Fsp3) is 0.867. The molecule has 1 N–H and O–H groups in total. The normalized spacial score (nSPS) is 56.6. The highest BCUT2D eigenvalue weighted by Crippen LogP contribution is 2.88. The van der Waals surface area contributed by atoms with Crippen molar-refractivity contribution in [3.63, 3.8) is 0 Å². The zero-order valence-corrected chi connectivity index (χ0v) is 11.0. The monoisotopic (exact) mass is 220 g/mol.